The van der Waals surface area contributed by atoms with E-state index in [0.717, 1.165) is 10.9 Å². The zero-order valence-electron chi connectivity index (χ0n) is 12.3. The molecule has 23 heavy (non-hydrogen) atoms. The Labute approximate surface area is 137 Å². The van der Waals surface area contributed by atoms with Crippen molar-refractivity contribution in [2.75, 3.05) is 13.1 Å². The second-order valence-corrected chi connectivity index (χ2v) is 6.28. The lowest BCUT2D eigenvalue weighted by molar-refractivity contribution is -0.149. The number of aromatic nitrogens is 1. The first-order chi connectivity index (χ1) is 11.0. The van der Waals surface area contributed by atoms with Crippen LogP contribution in [0, 0.1) is 5.92 Å². The Morgan fingerprint density at radius 3 is 2.83 bits per heavy atom. The van der Waals surface area contributed by atoms with Crippen LogP contribution in [0.3, 0.4) is 0 Å². The van der Waals surface area contributed by atoms with Gasteiger partial charge in [0.1, 0.15) is 6.04 Å². The van der Waals surface area contributed by atoms with E-state index in [1.54, 1.807) is 29.3 Å². The van der Waals surface area contributed by atoms with Crippen LogP contribution in [0.4, 0.5) is 0 Å². The third-order valence-electron chi connectivity index (χ3n) is 4.37. The van der Waals surface area contributed by atoms with Crippen LogP contribution in [0.5, 0.6) is 0 Å². The highest BCUT2D eigenvalue weighted by molar-refractivity contribution is 6.31. The molecule has 3 rings (SSSR count). The molecule has 3 N–H and O–H groups in total. The molecule has 1 aromatic carbocycles. The molecule has 0 amide bonds. The molecule has 1 aliphatic heterocycles. The van der Waals surface area contributed by atoms with Crippen molar-refractivity contribution >= 4 is 34.4 Å². The molecule has 0 unspecified atom stereocenters. The van der Waals surface area contributed by atoms with E-state index in [9.17, 15) is 19.8 Å². The number of benzene rings is 1. The van der Waals surface area contributed by atoms with Crippen LogP contribution < -0.4 is 0 Å². The lowest BCUT2D eigenvalue weighted by atomic mass is 9.94. The summed E-state index contributed by atoms with van der Waals surface area (Å²) in [6.07, 6.45) is 2.92. The summed E-state index contributed by atoms with van der Waals surface area (Å²) in [5.74, 6) is -2.39. The number of likely N-dealkylation sites (tertiary alicyclic amines) is 1. The van der Waals surface area contributed by atoms with Crippen molar-refractivity contribution in [1.29, 1.82) is 0 Å². The largest absolute Gasteiger partial charge is 0.481 e. The summed E-state index contributed by atoms with van der Waals surface area (Å²) in [7, 11) is 0. The van der Waals surface area contributed by atoms with Crippen LogP contribution in [-0.4, -0.2) is 45.1 Å². The highest BCUT2D eigenvalue weighted by atomic mass is 35.5. The van der Waals surface area contributed by atoms with E-state index in [-0.39, 0.29) is 6.54 Å². The van der Waals surface area contributed by atoms with Crippen molar-refractivity contribution in [2.45, 2.75) is 18.9 Å². The number of H-pyrrole nitrogens is 1. The van der Waals surface area contributed by atoms with E-state index in [2.05, 4.69) is 4.98 Å². The van der Waals surface area contributed by atoms with Gasteiger partial charge in [-0.15, -0.1) is 0 Å². The molecule has 1 aliphatic rings. The van der Waals surface area contributed by atoms with Gasteiger partial charge in [-0.1, -0.05) is 11.6 Å². The average molecular weight is 337 g/mol. The topological polar surface area (TPSA) is 93.6 Å². The fourth-order valence-corrected chi connectivity index (χ4v) is 3.44. The number of carboxylic acids is 2. The molecule has 0 aliphatic carbocycles. The van der Waals surface area contributed by atoms with Gasteiger partial charge in [-0.3, -0.25) is 14.5 Å². The molecule has 2 heterocycles. The number of rotatable bonds is 4. The summed E-state index contributed by atoms with van der Waals surface area (Å²) < 4.78 is 0. The minimum atomic E-state index is -0.989. The van der Waals surface area contributed by atoms with Crippen molar-refractivity contribution < 1.29 is 19.8 Å². The van der Waals surface area contributed by atoms with Gasteiger partial charge in [0.25, 0.3) is 0 Å². The Balaban J connectivity index is 1.99. The van der Waals surface area contributed by atoms with Crippen molar-refractivity contribution in [3.8, 4) is 0 Å². The highest BCUT2D eigenvalue weighted by Gasteiger charge is 2.35. The number of nitrogens with zero attached hydrogens (tertiary/aromatic N) is 1. The fraction of sp³-hybridized carbons (Fsp3) is 0.375. The quantitative estimate of drug-likeness (QED) is 0.798. The molecule has 6 nitrogen and oxygen atoms in total. The summed E-state index contributed by atoms with van der Waals surface area (Å²) in [4.78, 5) is 27.9. The standard InChI is InChI=1S/C16H17ClN2O4/c17-10-3-4-13-11(6-10)12(7-18-13)14(16(22)23)19-5-1-2-9(8-19)15(20)21/h3-4,6-7,9,14,18H,1-2,5,8H2,(H,20,21)(H,22,23)/t9-,14-/m0/s1. The first-order valence-corrected chi connectivity index (χ1v) is 7.81. The Morgan fingerprint density at radius 2 is 2.13 bits per heavy atom. The van der Waals surface area contributed by atoms with Gasteiger partial charge in [0, 0.05) is 34.2 Å². The van der Waals surface area contributed by atoms with E-state index in [1.807, 2.05) is 0 Å². The van der Waals surface area contributed by atoms with Crippen LogP contribution >= 0.6 is 11.6 Å². The van der Waals surface area contributed by atoms with Gasteiger partial charge in [-0.25, -0.2) is 0 Å². The Morgan fingerprint density at radius 1 is 1.35 bits per heavy atom. The SMILES string of the molecule is O=C(O)[C@H]1CCCN([C@H](C(=O)O)c2c[nH]c3ccc(Cl)cc23)C1. The van der Waals surface area contributed by atoms with Crippen LogP contribution in [-0.2, 0) is 9.59 Å². The Bertz CT molecular complexity index is 758. The van der Waals surface area contributed by atoms with Crippen molar-refractivity contribution in [2.24, 2.45) is 5.92 Å². The van der Waals surface area contributed by atoms with E-state index in [1.165, 1.54) is 0 Å². The summed E-state index contributed by atoms with van der Waals surface area (Å²) in [6.45, 7) is 0.799. The molecule has 0 bridgehead atoms. The van der Waals surface area contributed by atoms with Gasteiger partial charge in [0.2, 0.25) is 0 Å². The third-order valence-corrected chi connectivity index (χ3v) is 4.61. The van der Waals surface area contributed by atoms with Gasteiger partial charge >= 0.3 is 11.9 Å². The van der Waals surface area contributed by atoms with Crippen LogP contribution in [0.2, 0.25) is 5.02 Å². The minimum Gasteiger partial charge on any atom is -0.481 e. The van der Waals surface area contributed by atoms with Gasteiger partial charge in [0.05, 0.1) is 5.92 Å². The number of nitrogens with one attached hydrogen (secondary N) is 1. The number of halogens is 1. The summed E-state index contributed by atoms with van der Waals surface area (Å²) in [5, 5.41) is 20.2. The smallest absolute Gasteiger partial charge is 0.325 e. The molecule has 1 fully saturated rings. The number of carbonyl (C=O) groups is 2. The summed E-state index contributed by atoms with van der Waals surface area (Å²) in [6, 6.07) is 4.39. The average Bonchev–Trinajstić information content (AvgIpc) is 2.90. The normalized spacial score (nSPS) is 20.5. The Hall–Kier alpha value is -2.05. The van der Waals surface area contributed by atoms with Gasteiger partial charge < -0.3 is 15.2 Å². The molecule has 0 saturated carbocycles. The predicted octanol–water partition coefficient (Wildman–Crippen LogP) is 2.74. The number of carboxylic acid groups (broad SMARTS) is 2. The summed E-state index contributed by atoms with van der Waals surface area (Å²) in [5.41, 5.74) is 1.42. The number of hydrogen-bond donors (Lipinski definition) is 3. The molecule has 0 radical (unpaired) electrons. The van der Waals surface area contributed by atoms with E-state index in [4.69, 9.17) is 11.6 Å². The second-order valence-electron chi connectivity index (χ2n) is 5.85. The number of aromatic amines is 1. The third kappa shape index (κ3) is 3.04. The molecule has 1 aromatic heterocycles. The fourth-order valence-electron chi connectivity index (χ4n) is 3.27. The zero-order chi connectivity index (χ0) is 16.6. The molecular weight excluding hydrogens is 320 g/mol. The lowest BCUT2D eigenvalue weighted by Gasteiger charge is -2.34. The molecule has 2 atom stereocenters. The van der Waals surface area contributed by atoms with E-state index >= 15 is 0 Å². The molecule has 2 aromatic rings. The van der Waals surface area contributed by atoms with Crippen molar-refractivity contribution in [3.63, 3.8) is 0 Å². The maximum Gasteiger partial charge on any atom is 0.325 e. The van der Waals surface area contributed by atoms with Gasteiger partial charge in [0.15, 0.2) is 0 Å². The van der Waals surface area contributed by atoms with E-state index < -0.39 is 23.9 Å². The number of aliphatic carboxylic acids is 2. The molecule has 7 heteroatoms. The maximum absolute atomic E-state index is 11.9. The first-order valence-electron chi connectivity index (χ1n) is 7.43. The molecule has 122 valence electrons. The lowest BCUT2D eigenvalue weighted by Crippen LogP contribution is -2.43. The van der Waals surface area contributed by atoms with E-state index in [0.29, 0.717) is 30.0 Å². The van der Waals surface area contributed by atoms with Gasteiger partial charge in [-0.2, -0.15) is 0 Å². The second kappa shape index (κ2) is 6.22. The maximum atomic E-state index is 11.9. The van der Waals surface area contributed by atoms with Crippen molar-refractivity contribution in [3.05, 3.63) is 35.0 Å². The molecule has 0 spiro atoms. The van der Waals surface area contributed by atoms with Crippen molar-refractivity contribution in [1.82, 2.24) is 9.88 Å². The highest BCUT2D eigenvalue weighted by Crippen LogP contribution is 2.33. The first kappa shape index (κ1) is 15.8. The number of piperidine rings is 1. The van der Waals surface area contributed by atoms with Crippen LogP contribution in [0.15, 0.2) is 24.4 Å². The summed E-state index contributed by atoms with van der Waals surface area (Å²) >= 11 is 6.03. The molecule has 1 saturated heterocycles. The van der Waals surface area contributed by atoms with Crippen LogP contribution in [0.1, 0.15) is 24.4 Å². The Kier molecular flexibility index (Phi) is 4.28. The zero-order valence-corrected chi connectivity index (χ0v) is 13.1. The monoisotopic (exact) mass is 336 g/mol. The minimum absolute atomic E-state index is 0.236. The van der Waals surface area contributed by atoms with Gasteiger partial charge in [-0.05, 0) is 37.6 Å². The number of hydrogen-bond acceptors (Lipinski definition) is 3. The van der Waals surface area contributed by atoms with Crippen LogP contribution in [0.25, 0.3) is 10.9 Å². The molecular formula is C16H17ClN2O4. The number of fused-ring (bicyclic) bond motifs is 1. The predicted molar refractivity (Wildman–Crippen MR) is 85.6 cm³/mol.